The van der Waals surface area contributed by atoms with Crippen LogP contribution >= 0.6 is 22.9 Å². The molecule has 2 heterocycles. The number of hydrogen-bond donors (Lipinski definition) is 1. The first-order chi connectivity index (χ1) is 8.87. The molecule has 1 aromatic rings. The first-order valence-electron chi connectivity index (χ1n) is 6.35. The van der Waals surface area contributed by atoms with Gasteiger partial charge in [0.1, 0.15) is 4.21 Å². The molecule has 7 heteroatoms. The SMILES string of the molecule is Cc1cc(S(=O)(=O)N2CCCC(C)C2CN)sc1Cl. The van der Waals surface area contributed by atoms with Crippen LogP contribution in [0, 0.1) is 12.8 Å². The van der Waals surface area contributed by atoms with Gasteiger partial charge >= 0.3 is 0 Å². The molecule has 0 aliphatic carbocycles. The van der Waals surface area contributed by atoms with Crippen molar-refractivity contribution in [3.8, 4) is 0 Å². The molecule has 1 aromatic heterocycles. The summed E-state index contributed by atoms with van der Waals surface area (Å²) in [7, 11) is -3.47. The Morgan fingerprint density at radius 3 is 2.79 bits per heavy atom. The lowest BCUT2D eigenvalue weighted by molar-refractivity contribution is 0.193. The van der Waals surface area contributed by atoms with Gasteiger partial charge in [-0.1, -0.05) is 18.5 Å². The summed E-state index contributed by atoms with van der Waals surface area (Å²) >= 11 is 7.11. The molecular formula is C12H19ClN2O2S2. The molecule has 19 heavy (non-hydrogen) atoms. The molecule has 2 atom stereocenters. The molecule has 2 unspecified atom stereocenters. The van der Waals surface area contributed by atoms with E-state index in [0.717, 1.165) is 29.7 Å². The van der Waals surface area contributed by atoms with Gasteiger partial charge in [0.05, 0.1) is 4.34 Å². The third-order valence-electron chi connectivity index (χ3n) is 3.70. The highest BCUT2D eigenvalue weighted by Gasteiger charge is 2.37. The molecule has 1 aliphatic rings. The Labute approximate surface area is 123 Å². The van der Waals surface area contributed by atoms with Crippen LogP contribution in [-0.2, 0) is 10.0 Å². The summed E-state index contributed by atoms with van der Waals surface area (Å²) in [5, 5.41) is 0. The number of nitrogens with two attached hydrogens (primary N) is 1. The van der Waals surface area contributed by atoms with E-state index in [4.69, 9.17) is 17.3 Å². The maximum Gasteiger partial charge on any atom is 0.252 e. The number of hydrogen-bond acceptors (Lipinski definition) is 4. The molecular weight excluding hydrogens is 304 g/mol. The Kier molecular flexibility index (Phi) is 4.57. The van der Waals surface area contributed by atoms with E-state index < -0.39 is 10.0 Å². The second-order valence-corrected chi connectivity index (χ2v) is 8.83. The second-order valence-electron chi connectivity index (χ2n) is 5.06. The quantitative estimate of drug-likeness (QED) is 0.929. The van der Waals surface area contributed by atoms with E-state index in [1.54, 1.807) is 10.4 Å². The van der Waals surface area contributed by atoms with Gasteiger partial charge < -0.3 is 5.73 Å². The van der Waals surface area contributed by atoms with Crippen molar-refractivity contribution in [3.63, 3.8) is 0 Å². The zero-order chi connectivity index (χ0) is 14.2. The minimum atomic E-state index is -3.47. The van der Waals surface area contributed by atoms with Gasteiger partial charge in [0, 0.05) is 19.1 Å². The lowest BCUT2D eigenvalue weighted by Crippen LogP contribution is -2.51. The van der Waals surface area contributed by atoms with Gasteiger partial charge in [-0.2, -0.15) is 4.31 Å². The molecule has 0 aromatic carbocycles. The third kappa shape index (κ3) is 2.83. The van der Waals surface area contributed by atoms with Crippen LogP contribution in [-0.4, -0.2) is 31.9 Å². The molecule has 108 valence electrons. The Morgan fingerprint density at radius 1 is 1.58 bits per heavy atom. The van der Waals surface area contributed by atoms with E-state index in [1.165, 1.54) is 0 Å². The highest BCUT2D eigenvalue weighted by molar-refractivity contribution is 7.91. The van der Waals surface area contributed by atoms with Crippen LogP contribution < -0.4 is 5.73 Å². The standard InChI is InChI=1S/C12H19ClN2O2S2/c1-8-4-3-5-15(10(8)7-14)19(16,17)11-6-9(2)12(13)18-11/h6,8,10H,3-5,7,14H2,1-2H3. The zero-order valence-corrected chi connectivity index (χ0v) is 13.5. The predicted molar refractivity (Wildman–Crippen MR) is 79.2 cm³/mol. The fourth-order valence-electron chi connectivity index (χ4n) is 2.53. The van der Waals surface area contributed by atoms with Crippen molar-refractivity contribution in [1.29, 1.82) is 0 Å². The fraction of sp³-hybridized carbons (Fsp3) is 0.667. The lowest BCUT2D eigenvalue weighted by Gasteiger charge is -2.37. The average Bonchev–Trinajstić information content (AvgIpc) is 2.70. The number of thiophene rings is 1. The Bertz CT molecular complexity index is 537. The number of piperidine rings is 1. The number of rotatable bonds is 3. The monoisotopic (exact) mass is 322 g/mol. The largest absolute Gasteiger partial charge is 0.329 e. The number of nitrogens with zero attached hydrogens (tertiary/aromatic N) is 1. The van der Waals surface area contributed by atoms with Crippen LogP contribution in [0.4, 0.5) is 0 Å². The molecule has 0 radical (unpaired) electrons. The second kappa shape index (κ2) is 5.69. The van der Waals surface area contributed by atoms with Gasteiger partial charge in [-0.3, -0.25) is 0 Å². The Hall–Kier alpha value is -0.140. The van der Waals surface area contributed by atoms with Gasteiger partial charge in [0.2, 0.25) is 0 Å². The molecule has 4 nitrogen and oxygen atoms in total. The van der Waals surface area contributed by atoms with E-state index in [1.807, 2.05) is 6.92 Å². The average molecular weight is 323 g/mol. The summed E-state index contributed by atoms with van der Waals surface area (Å²) in [6, 6.07) is 1.54. The molecule has 0 bridgehead atoms. The van der Waals surface area contributed by atoms with Gasteiger partial charge in [-0.15, -0.1) is 11.3 Å². The number of aryl methyl sites for hydroxylation is 1. The van der Waals surface area contributed by atoms with Crippen molar-refractivity contribution < 1.29 is 8.42 Å². The maximum absolute atomic E-state index is 12.7. The van der Waals surface area contributed by atoms with Crippen molar-refractivity contribution in [3.05, 3.63) is 16.0 Å². The van der Waals surface area contributed by atoms with Crippen molar-refractivity contribution in [1.82, 2.24) is 4.31 Å². The van der Waals surface area contributed by atoms with E-state index in [-0.39, 0.29) is 6.04 Å². The third-order valence-corrected chi connectivity index (χ3v) is 7.63. The lowest BCUT2D eigenvalue weighted by atomic mass is 9.93. The molecule has 1 saturated heterocycles. The van der Waals surface area contributed by atoms with Gasteiger partial charge in [0.15, 0.2) is 0 Å². The van der Waals surface area contributed by atoms with Crippen LogP contribution in [0.15, 0.2) is 10.3 Å². The predicted octanol–water partition coefficient (Wildman–Crippen LogP) is 2.46. The van der Waals surface area contributed by atoms with Crippen molar-refractivity contribution in [2.24, 2.45) is 11.7 Å². The van der Waals surface area contributed by atoms with Gasteiger partial charge in [-0.25, -0.2) is 8.42 Å². The molecule has 0 saturated carbocycles. The Morgan fingerprint density at radius 2 is 2.26 bits per heavy atom. The molecule has 2 rings (SSSR count). The summed E-state index contributed by atoms with van der Waals surface area (Å²) in [4.78, 5) is 0. The van der Waals surface area contributed by atoms with Gasteiger partial charge in [-0.05, 0) is 37.3 Å². The van der Waals surface area contributed by atoms with E-state index >= 15 is 0 Å². The highest BCUT2D eigenvalue weighted by Crippen LogP contribution is 2.35. The molecule has 2 N–H and O–H groups in total. The van der Waals surface area contributed by atoms with Crippen molar-refractivity contribution in [2.75, 3.05) is 13.1 Å². The first kappa shape index (κ1) is 15.3. The molecule has 0 spiro atoms. The van der Waals surface area contributed by atoms with E-state index in [9.17, 15) is 8.42 Å². The van der Waals surface area contributed by atoms with Crippen LogP contribution in [0.1, 0.15) is 25.3 Å². The minimum Gasteiger partial charge on any atom is -0.329 e. The highest BCUT2D eigenvalue weighted by atomic mass is 35.5. The normalized spacial score (nSPS) is 25.7. The van der Waals surface area contributed by atoms with Crippen molar-refractivity contribution >= 4 is 33.0 Å². The summed E-state index contributed by atoms with van der Waals surface area (Å²) in [6.07, 6.45) is 1.91. The maximum atomic E-state index is 12.7. The van der Waals surface area contributed by atoms with Crippen LogP contribution in [0.5, 0.6) is 0 Å². The molecule has 1 aliphatic heterocycles. The zero-order valence-electron chi connectivity index (χ0n) is 11.1. The number of sulfonamides is 1. The topological polar surface area (TPSA) is 63.4 Å². The van der Waals surface area contributed by atoms with Crippen LogP contribution in [0.2, 0.25) is 4.34 Å². The van der Waals surface area contributed by atoms with Crippen LogP contribution in [0.25, 0.3) is 0 Å². The first-order valence-corrected chi connectivity index (χ1v) is 8.99. The fourth-order valence-corrected chi connectivity index (χ4v) is 6.14. The van der Waals surface area contributed by atoms with Crippen LogP contribution in [0.3, 0.4) is 0 Å². The number of halogens is 1. The molecule has 0 amide bonds. The van der Waals surface area contributed by atoms with E-state index in [2.05, 4.69) is 6.92 Å². The van der Waals surface area contributed by atoms with E-state index in [0.29, 0.717) is 27.6 Å². The minimum absolute atomic E-state index is 0.111. The summed E-state index contributed by atoms with van der Waals surface area (Å²) < 4.78 is 27.8. The summed E-state index contributed by atoms with van der Waals surface area (Å²) in [6.45, 7) is 4.78. The summed E-state index contributed by atoms with van der Waals surface area (Å²) in [5.74, 6) is 0.296. The molecule has 1 fully saturated rings. The Balaban J connectivity index is 2.37. The smallest absolute Gasteiger partial charge is 0.252 e. The van der Waals surface area contributed by atoms with Crippen molar-refractivity contribution in [2.45, 2.75) is 36.9 Å². The summed E-state index contributed by atoms with van der Waals surface area (Å²) in [5.41, 5.74) is 6.57. The van der Waals surface area contributed by atoms with Gasteiger partial charge in [0.25, 0.3) is 10.0 Å².